The Balaban J connectivity index is 2.61. The molecule has 0 aromatic heterocycles. The molecule has 0 radical (unpaired) electrons. The zero-order chi connectivity index (χ0) is 10.8. The highest BCUT2D eigenvalue weighted by Crippen LogP contribution is 2.32. The largest absolute Gasteiger partial charge is 0.481 e. The third-order valence-electron chi connectivity index (χ3n) is 3.01. The average Bonchev–Trinajstić information content (AvgIpc) is 2.45. The fourth-order valence-electron chi connectivity index (χ4n) is 2.20. The first-order chi connectivity index (χ1) is 6.46. The van der Waals surface area contributed by atoms with Gasteiger partial charge in [0.25, 0.3) is 0 Å². The Hall–Kier alpha value is -1.06. The van der Waals surface area contributed by atoms with Crippen LogP contribution in [0.3, 0.4) is 0 Å². The summed E-state index contributed by atoms with van der Waals surface area (Å²) in [5.41, 5.74) is -0.232. The van der Waals surface area contributed by atoms with Gasteiger partial charge in [-0.3, -0.25) is 9.59 Å². The summed E-state index contributed by atoms with van der Waals surface area (Å²) in [5, 5.41) is 8.61. The van der Waals surface area contributed by atoms with E-state index in [1.807, 2.05) is 6.92 Å². The van der Waals surface area contributed by atoms with Crippen LogP contribution in [0.25, 0.3) is 0 Å². The Morgan fingerprint density at radius 2 is 2.14 bits per heavy atom. The molecule has 0 bridgehead atoms. The van der Waals surface area contributed by atoms with Gasteiger partial charge in [-0.15, -0.1) is 0 Å². The first-order valence-corrected chi connectivity index (χ1v) is 4.96. The lowest BCUT2D eigenvalue weighted by molar-refractivity contribution is -0.139. The summed E-state index contributed by atoms with van der Waals surface area (Å²) in [5.74, 6) is -0.739. The molecule has 0 aliphatic carbocycles. The molecule has 0 aromatic carbocycles. The van der Waals surface area contributed by atoms with Crippen LogP contribution in [0.5, 0.6) is 0 Å². The van der Waals surface area contributed by atoms with Crippen LogP contribution in [0.1, 0.15) is 39.5 Å². The smallest absolute Gasteiger partial charge is 0.303 e. The maximum absolute atomic E-state index is 11.3. The lowest BCUT2D eigenvalue weighted by Gasteiger charge is -2.34. The van der Waals surface area contributed by atoms with Gasteiger partial charge in [0, 0.05) is 25.4 Å². The van der Waals surface area contributed by atoms with Gasteiger partial charge in [-0.1, -0.05) is 0 Å². The number of amides is 1. The third-order valence-corrected chi connectivity index (χ3v) is 3.01. The first kappa shape index (κ1) is 11.0. The molecule has 1 N–H and O–H groups in total. The summed E-state index contributed by atoms with van der Waals surface area (Å²) in [4.78, 5) is 23.6. The highest BCUT2D eigenvalue weighted by molar-refractivity contribution is 5.74. The Bertz CT molecular complexity index is 252. The number of carboxylic acids is 1. The molecule has 4 nitrogen and oxygen atoms in total. The number of aliphatic carboxylic acids is 1. The maximum atomic E-state index is 11.3. The van der Waals surface area contributed by atoms with Gasteiger partial charge in [-0.25, -0.2) is 0 Å². The van der Waals surface area contributed by atoms with Crippen molar-refractivity contribution in [3.63, 3.8) is 0 Å². The Labute approximate surface area is 83.9 Å². The molecule has 4 heteroatoms. The molecule has 0 unspecified atom stereocenters. The van der Waals surface area contributed by atoms with Crippen molar-refractivity contribution in [3.8, 4) is 0 Å². The fourth-order valence-corrected chi connectivity index (χ4v) is 2.20. The molecule has 1 aliphatic heterocycles. The van der Waals surface area contributed by atoms with Crippen molar-refractivity contribution in [2.75, 3.05) is 6.54 Å². The van der Waals surface area contributed by atoms with E-state index >= 15 is 0 Å². The summed E-state index contributed by atoms with van der Waals surface area (Å²) in [6.45, 7) is 4.29. The second kappa shape index (κ2) is 3.98. The van der Waals surface area contributed by atoms with Gasteiger partial charge in [0.2, 0.25) is 5.91 Å². The summed E-state index contributed by atoms with van der Waals surface area (Å²) >= 11 is 0. The van der Waals surface area contributed by atoms with Gasteiger partial charge >= 0.3 is 5.97 Å². The SMILES string of the molecule is CC(=O)N1CCC[C@@]1(C)CCC(=O)O. The van der Waals surface area contributed by atoms with Crippen LogP contribution in [-0.4, -0.2) is 34.0 Å². The standard InChI is InChI=1S/C10H17NO3/c1-8(12)11-7-3-5-10(11,2)6-4-9(13)14/h3-7H2,1-2H3,(H,13,14)/t10-/m0/s1. The monoisotopic (exact) mass is 199 g/mol. The number of hydrogen-bond donors (Lipinski definition) is 1. The molecule has 1 aliphatic rings. The molecular formula is C10H17NO3. The predicted molar refractivity (Wildman–Crippen MR) is 51.9 cm³/mol. The van der Waals surface area contributed by atoms with E-state index in [0.29, 0.717) is 6.42 Å². The van der Waals surface area contributed by atoms with Crippen LogP contribution < -0.4 is 0 Å². The quantitative estimate of drug-likeness (QED) is 0.744. The molecule has 80 valence electrons. The molecule has 1 amide bonds. The molecule has 1 rings (SSSR count). The number of carbonyl (C=O) groups is 2. The van der Waals surface area contributed by atoms with E-state index in [1.54, 1.807) is 11.8 Å². The van der Waals surface area contributed by atoms with Crippen molar-refractivity contribution >= 4 is 11.9 Å². The van der Waals surface area contributed by atoms with E-state index < -0.39 is 5.97 Å². The van der Waals surface area contributed by atoms with Gasteiger partial charge in [-0.2, -0.15) is 0 Å². The zero-order valence-corrected chi connectivity index (χ0v) is 8.75. The summed E-state index contributed by atoms with van der Waals surface area (Å²) < 4.78 is 0. The van der Waals surface area contributed by atoms with Crippen molar-refractivity contribution in [1.82, 2.24) is 4.90 Å². The number of nitrogens with zero attached hydrogens (tertiary/aromatic N) is 1. The Kier molecular flexibility index (Phi) is 3.13. The third kappa shape index (κ3) is 2.25. The highest BCUT2D eigenvalue weighted by Gasteiger charge is 2.37. The molecule has 1 saturated heterocycles. The van der Waals surface area contributed by atoms with Gasteiger partial charge in [0.05, 0.1) is 0 Å². The van der Waals surface area contributed by atoms with E-state index in [0.717, 1.165) is 19.4 Å². The van der Waals surface area contributed by atoms with E-state index in [2.05, 4.69) is 0 Å². The fraction of sp³-hybridized carbons (Fsp3) is 0.800. The molecule has 14 heavy (non-hydrogen) atoms. The molecular weight excluding hydrogens is 182 g/mol. The summed E-state index contributed by atoms with van der Waals surface area (Å²) in [6, 6.07) is 0. The summed E-state index contributed by atoms with van der Waals surface area (Å²) in [7, 11) is 0. The molecule has 0 aromatic rings. The van der Waals surface area contributed by atoms with E-state index in [4.69, 9.17) is 5.11 Å². The van der Waals surface area contributed by atoms with Crippen molar-refractivity contribution in [2.45, 2.75) is 45.1 Å². The van der Waals surface area contributed by atoms with Gasteiger partial charge in [-0.05, 0) is 26.2 Å². The van der Waals surface area contributed by atoms with Gasteiger partial charge < -0.3 is 10.0 Å². The van der Waals surface area contributed by atoms with Crippen molar-refractivity contribution in [1.29, 1.82) is 0 Å². The topological polar surface area (TPSA) is 57.6 Å². The molecule has 0 saturated carbocycles. The van der Waals surface area contributed by atoms with Gasteiger partial charge in [0.15, 0.2) is 0 Å². The number of rotatable bonds is 3. The predicted octanol–water partition coefficient (Wildman–Crippen LogP) is 1.25. The Morgan fingerprint density at radius 1 is 1.50 bits per heavy atom. The van der Waals surface area contributed by atoms with Crippen LogP contribution >= 0.6 is 0 Å². The number of carboxylic acid groups (broad SMARTS) is 1. The zero-order valence-electron chi connectivity index (χ0n) is 8.75. The molecule has 1 atom stereocenters. The van der Waals surface area contributed by atoms with Crippen LogP contribution in [0, 0.1) is 0 Å². The maximum Gasteiger partial charge on any atom is 0.303 e. The number of carbonyl (C=O) groups excluding carboxylic acids is 1. The molecule has 1 fully saturated rings. The van der Waals surface area contributed by atoms with Crippen molar-refractivity contribution in [2.24, 2.45) is 0 Å². The van der Waals surface area contributed by atoms with Crippen LogP contribution in [0.4, 0.5) is 0 Å². The number of likely N-dealkylation sites (tertiary alicyclic amines) is 1. The molecule has 0 spiro atoms. The first-order valence-electron chi connectivity index (χ1n) is 4.96. The lowest BCUT2D eigenvalue weighted by Crippen LogP contribution is -2.44. The number of hydrogen-bond acceptors (Lipinski definition) is 2. The highest BCUT2D eigenvalue weighted by atomic mass is 16.4. The van der Waals surface area contributed by atoms with Crippen molar-refractivity contribution < 1.29 is 14.7 Å². The summed E-state index contributed by atoms with van der Waals surface area (Å²) in [6.07, 6.45) is 2.59. The minimum atomic E-state index is -0.790. The van der Waals surface area contributed by atoms with E-state index in [-0.39, 0.29) is 17.9 Å². The van der Waals surface area contributed by atoms with Crippen LogP contribution in [0.2, 0.25) is 0 Å². The van der Waals surface area contributed by atoms with Crippen LogP contribution in [0.15, 0.2) is 0 Å². The Morgan fingerprint density at radius 3 is 2.64 bits per heavy atom. The van der Waals surface area contributed by atoms with E-state index in [1.165, 1.54) is 0 Å². The van der Waals surface area contributed by atoms with Crippen LogP contribution in [-0.2, 0) is 9.59 Å². The molecule has 1 heterocycles. The van der Waals surface area contributed by atoms with Gasteiger partial charge in [0.1, 0.15) is 0 Å². The second-order valence-electron chi connectivity index (χ2n) is 4.16. The van der Waals surface area contributed by atoms with Crippen molar-refractivity contribution in [3.05, 3.63) is 0 Å². The lowest BCUT2D eigenvalue weighted by atomic mass is 9.92. The minimum absolute atomic E-state index is 0.0513. The van der Waals surface area contributed by atoms with E-state index in [9.17, 15) is 9.59 Å². The average molecular weight is 199 g/mol. The normalized spacial score (nSPS) is 26.6. The second-order valence-corrected chi connectivity index (χ2v) is 4.16. The minimum Gasteiger partial charge on any atom is -0.481 e.